The van der Waals surface area contributed by atoms with E-state index in [-0.39, 0.29) is 18.2 Å². The number of nitrogens with zero attached hydrogens (tertiary/aromatic N) is 1. The van der Waals surface area contributed by atoms with Gasteiger partial charge in [0.25, 0.3) is 0 Å². The second kappa shape index (κ2) is 12.2. The van der Waals surface area contributed by atoms with Gasteiger partial charge in [-0.15, -0.1) is 0 Å². The van der Waals surface area contributed by atoms with Crippen LogP contribution in [0.25, 0.3) is 0 Å². The van der Waals surface area contributed by atoms with Crippen molar-refractivity contribution in [3.8, 4) is 11.5 Å². The molecule has 0 saturated heterocycles. The van der Waals surface area contributed by atoms with Crippen LogP contribution >= 0.6 is 0 Å². The second-order valence-corrected chi connectivity index (χ2v) is 10.9. The van der Waals surface area contributed by atoms with E-state index in [1.807, 2.05) is 100 Å². The summed E-state index contributed by atoms with van der Waals surface area (Å²) in [6.07, 6.45) is 1.25. The molecule has 4 rings (SSSR count). The fourth-order valence-corrected chi connectivity index (χ4v) is 4.62. The molecule has 3 aromatic rings. The maximum Gasteiger partial charge on any atom is 0.243 e. The summed E-state index contributed by atoms with van der Waals surface area (Å²) in [6, 6.07) is 23.1. The highest BCUT2D eigenvalue weighted by molar-refractivity contribution is 5.88. The number of nitrogens with one attached hydrogen (secondary N) is 1. The molecule has 0 saturated carbocycles. The van der Waals surface area contributed by atoms with Crippen molar-refractivity contribution in [3.63, 3.8) is 0 Å². The van der Waals surface area contributed by atoms with Crippen molar-refractivity contribution in [2.45, 2.75) is 65.1 Å². The van der Waals surface area contributed by atoms with Gasteiger partial charge in [0, 0.05) is 24.9 Å². The van der Waals surface area contributed by atoms with Crippen molar-refractivity contribution < 1.29 is 19.1 Å². The lowest BCUT2D eigenvalue weighted by molar-refractivity contribution is -0.141. The number of hydrogen-bond acceptors (Lipinski definition) is 4. The van der Waals surface area contributed by atoms with Crippen LogP contribution in [0, 0.1) is 6.92 Å². The van der Waals surface area contributed by atoms with Crippen LogP contribution in [0.4, 0.5) is 0 Å². The minimum absolute atomic E-state index is 0.0619. The second-order valence-electron chi connectivity index (χ2n) is 10.9. The number of ether oxygens (including phenoxy) is 2. The molecular weight excluding hydrogens is 476 g/mol. The first kappa shape index (κ1) is 27.2. The average molecular weight is 515 g/mol. The number of benzene rings is 3. The molecule has 1 aliphatic heterocycles. The van der Waals surface area contributed by atoms with E-state index >= 15 is 0 Å². The van der Waals surface area contributed by atoms with Gasteiger partial charge in [-0.25, -0.2) is 0 Å². The molecule has 0 aromatic heterocycles. The molecule has 1 atom stereocenters. The Labute approximate surface area is 226 Å². The molecule has 0 fully saturated rings. The fourth-order valence-electron chi connectivity index (χ4n) is 4.62. The monoisotopic (exact) mass is 514 g/mol. The topological polar surface area (TPSA) is 67.9 Å². The molecule has 0 radical (unpaired) electrons. The highest BCUT2D eigenvalue weighted by Gasteiger charge is 2.32. The van der Waals surface area contributed by atoms with E-state index in [4.69, 9.17) is 9.47 Å². The van der Waals surface area contributed by atoms with E-state index < -0.39 is 11.6 Å². The minimum Gasteiger partial charge on any atom is -0.486 e. The van der Waals surface area contributed by atoms with Crippen LogP contribution in [-0.4, -0.2) is 41.5 Å². The lowest BCUT2D eigenvalue weighted by Crippen LogP contribution is -2.54. The van der Waals surface area contributed by atoms with Gasteiger partial charge < -0.3 is 19.7 Å². The van der Waals surface area contributed by atoms with Gasteiger partial charge >= 0.3 is 0 Å². The molecule has 1 aliphatic rings. The van der Waals surface area contributed by atoms with Crippen molar-refractivity contribution in [3.05, 3.63) is 95.1 Å². The Morgan fingerprint density at radius 1 is 0.895 bits per heavy atom. The fraction of sp³-hybridized carbons (Fsp3) is 0.375. The van der Waals surface area contributed by atoms with Crippen LogP contribution < -0.4 is 14.8 Å². The predicted molar refractivity (Wildman–Crippen MR) is 149 cm³/mol. The van der Waals surface area contributed by atoms with Crippen LogP contribution in [0.1, 0.15) is 49.4 Å². The third kappa shape index (κ3) is 7.37. The number of aryl methyl sites for hydroxylation is 2. The first-order valence-corrected chi connectivity index (χ1v) is 13.3. The quantitative estimate of drug-likeness (QED) is 0.423. The molecule has 0 bridgehead atoms. The SMILES string of the molecule is Cc1ccccc1CN(C(=O)CCc1ccc2c(c1)OCCO2)[C@@H](Cc1ccccc1)C(=O)NC(C)(C)C. The van der Waals surface area contributed by atoms with Gasteiger partial charge in [0.05, 0.1) is 0 Å². The zero-order valence-electron chi connectivity index (χ0n) is 22.8. The Morgan fingerprint density at radius 3 is 2.29 bits per heavy atom. The van der Waals surface area contributed by atoms with Gasteiger partial charge in [-0.1, -0.05) is 60.7 Å². The molecule has 6 heteroatoms. The number of fused-ring (bicyclic) bond motifs is 1. The Kier molecular flexibility index (Phi) is 8.72. The Hall–Kier alpha value is -3.80. The van der Waals surface area contributed by atoms with Crippen LogP contribution in [0.15, 0.2) is 72.8 Å². The van der Waals surface area contributed by atoms with Gasteiger partial charge in [0.1, 0.15) is 19.3 Å². The van der Waals surface area contributed by atoms with E-state index in [0.717, 1.165) is 28.0 Å². The van der Waals surface area contributed by atoms with E-state index in [9.17, 15) is 9.59 Å². The third-order valence-corrected chi connectivity index (χ3v) is 6.61. The summed E-state index contributed by atoms with van der Waals surface area (Å²) >= 11 is 0. The molecule has 1 heterocycles. The van der Waals surface area contributed by atoms with E-state index in [2.05, 4.69) is 5.32 Å². The van der Waals surface area contributed by atoms with Crippen LogP contribution in [-0.2, 0) is 29.0 Å². The molecule has 200 valence electrons. The van der Waals surface area contributed by atoms with Crippen molar-refractivity contribution in [2.75, 3.05) is 13.2 Å². The number of hydrogen-bond donors (Lipinski definition) is 1. The van der Waals surface area contributed by atoms with E-state index in [1.165, 1.54) is 0 Å². The van der Waals surface area contributed by atoms with Crippen molar-refractivity contribution >= 4 is 11.8 Å². The third-order valence-electron chi connectivity index (χ3n) is 6.61. The number of carbonyl (C=O) groups is 2. The van der Waals surface area contributed by atoms with Gasteiger partial charge in [-0.05, 0) is 68.5 Å². The lowest BCUT2D eigenvalue weighted by Gasteiger charge is -2.34. The van der Waals surface area contributed by atoms with Crippen molar-refractivity contribution in [1.82, 2.24) is 10.2 Å². The van der Waals surface area contributed by atoms with Gasteiger partial charge in [0.2, 0.25) is 11.8 Å². The molecule has 3 aromatic carbocycles. The maximum atomic E-state index is 13.9. The standard InChI is InChI=1S/C32H38N2O4/c1-23-10-8-9-13-26(23)22-34(27(31(36)33-32(2,3)4)20-24-11-6-5-7-12-24)30(35)17-15-25-14-16-28-29(21-25)38-19-18-37-28/h5-14,16,21,27H,15,17-20,22H2,1-4H3,(H,33,36)/t27-/m0/s1. The first-order chi connectivity index (χ1) is 18.2. The predicted octanol–water partition coefficient (Wildman–Crippen LogP) is 5.25. The number of carbonyl (C=O) groups excluding carboxylic acids is 2. The Bertz CT molecular complexity index is 1250. The molecule has 0 aliphatic carbocycles. The van der Waals surface area contributed by atoms with Crippen LogP contribution in [0.2, 0.25) is 0 Å². The number of amides is 2. The van der Waals surface area contributed by atoms with E-state index in [1.54, 1.807) is 4.90 Å². The number of rotatable bonds is 9. The zero-order valence-corrected chi connectivity index (χ0v) is 22.8. The smallest absolute Gasteiger partial charge is 0.243 e. The molecule has 0 unspecified atom stereocenters. The van der Waals surface area contributed by atoms with Crippen molar-refractivity contribution in [1.29, 1.82) is 0 Å². The summed E-state index contributed by atoms with van der Waals surface area (Å²) in [4.78, 5) is 29.4. The van der Waals surface area contributed by atoms with Gasteiger partial charge in [-0.2, -0.15) is 0 Å². The summed E-state index contributed by atoms with van der Waals surface area (Å²) in [5.41, 5.74) is 3.70. The summed E-state index contributed by atoms with van der Waals surface area (Å²) < 4.78 is 11.3. The van der Waals surface area contributed by atoms with Crippen LogP contribution in [0.3, 0.4) is 0 Å². The van der Waals surface area contributed by atoms with Crippen molar-refractivity contribution in [2.24, 2.45) is 0 Å². The largest absolute Gasteiger partial charge is 0.486 e. The molecule has 1 N–H and O–H groups in total. The Morgan fingerprint density at radius 2 is 1.58 bits per heavy atom. The normalized spacial score (nSPS) is 13.5. The molecule has 2 amide bonds. The highest BCUT2D eigenvalue weighted by atomic mass is 16.6. The molecule has 6 nitrogen and oxygen atoms in total. The zero-order chi connectivity index (χ0) is 27.1. The maximum absolute atomic E-state index is 13.9. The molecular formula is C32H38N2O4. The molecule has 0 spiro atoms. The summed E-state index contributed by atoms with van der Waals surface area (Å²) in [5, 5.41) is 3.12. The van der Waals surface area contributed by atoms with Crippen LogP contribution in [0.5, 0.6) is 11.5 Å². The summed E-state index contributed by atoms with van der Waals surface area (Å²) in [6.45, 7) is 9.33. The minimum atomic E-state index is -0.649. The van der Waals surface area contributed by atoms with Gasteiger partial charge in [0.15, 0.2) is 11.5 Å². The Balaban J connectivity index is 1.62. The van der Waals surface area contributed by atoms with E-state index in [0.29, 0.717) is 38.3 Å². The highest BCUT2D eigenvalue weighted by Crippen LogP contribution is 2.31. The lowest BCUT2D eigenvalue weighted by atomic mass is 9.99. The first-order valence-electron chi connectivity index (χ1n) is 13.3. The summed E-state index contributed by atoms with van der Waals surface area (Å²) in [5.74, 6) is 1.23. The molecule has 38 heavy (non-hydrogen) atoms. The summed E-state index contributed by atoms with van der Waals surface area (Å²) in [7, 11) is 0. The van der Waals surface area contributed by atoms with Gasteiger partial charge in [-0.3, -0.25) is 9.59 Å². The average Bonchev–Trinajstić information content (AvgIpc) is 2.89.